The number of likely N-dealkylation sites (tertiary alicyclic amines) is 1. The highest BCUT2D eigenvalue weighted by Crippen LogP contribution is 2.29. The number of nitrogens with zero attached hydrogens (tertiary/aromatic N) is 2. The maximum Gasteiger partial charge on any atom is 0.401 e. The zero-order chi connectivity index (χ0) is 17.0. The molecular weight excluding hydrogens is 311 g/mol. The fourth-order valence-corrected chi connectivity index (χ4v) is 2.88. The number of halogens is 3. The van der Waals surface area contributed by atoms with E-state index in [9.17, 15) is 23.3 Å². The topological polar surface area (TPSA) is 58.4 Å². The summed E-state index contributed by atoms with van der Waals surface area (Å²) in [5.41, 5.74) is 1.31. The lowest BCUT2D eigenvalue weighted by atomic mass is 9.96. The predicted molar refractivity (Wildman–Crippen MR) is 81.5 cm³/mol. The van der Waals surface area contributed by atoms with Gasteiger partial charge < -0.3 is 5.32 Å². The van der Waals surface area contributed by atoms with Gasteiger partial charge in [0, 0.05) is 12.6 Å². The van der Waals surface area contributed by atoms with E-state index in [1.54, 1.807) is 19.1 Å². The number of nitro groups is 1. The van der Waals surface area contributed by atoms with E-state index in [0.717, 1.165) is 5.56 Å². The second-order valence-corrected chi connectivity index (χ2v) is 5.94. The second-order valence-electron chi connectivity index (χ2n) is 5.94. The average molecular weight is 331 g/mol. The zero-order valence-corrected chi connectivity index (χ0v) is 12.9. The van der Waals surface area contributed by atoms with Crippen molar-refractivity contribution in [1.29, 1.82) is 0 Å². The largest absolute Gasteiger partial charge is 0.401 e. The van der Waals surface area contributed by atoms with Crippen molar-refractivity contribution in [3.63, 3.8) is 0 Å². The molecule has 0 aromatic heterocycles. The van der Waals surface area contributed by atoms with Crippen LogP contribution in [0.5, 0.6) is 0 Å². The Balaban J connectivity index is 1.88. The van der Waals surface area contributed by atoms with E-state index in [2.05, 4.69) is 5.32 Å². The lowest BCUT2D eigenvalue weighted by Crippen LogP contribution is -2.41. The van der Waals surface area contributed by atoms with Crippen LogP contribution < -0.4 is 5.32 Å². The van der Waals surface area contributed by atoms with Gasteiger partial charge in [0.05, 0.1) is 11.5 Å². The maximum atomic E-state index is 12.4. The summed E-state index contributed by atoms with van der Waals surface area (Å²) in [4.78, 5) is 12.0. The highest BCUT2D eigenvalue weighted by molar-refractivity contribution is 5.65. The zero-order valence-electron chi connectivity index (χ0n) is 12.9. The average Bonchev–Trinajstić information content (AvgIpc) is 2.45. The van der Waals surface area contributed by atoms with Crippen molar-refractivity contribution in [1.82, 2.24) is 4.90 Å². The Bertz CT molecular complexity index is 555. The van der Waals surface area contributed by atoms with Crippen LogP contribution in [0.3, 0.4) is 0 Å². The summed E-state index contributed by atoms with van der Waals surface area (Å²) < 4.78 is 37.1. The molecular formula is C15H20F3N3O2. The first kappa shape index (κ1) is 17.5. The van der Waals surface area contributed by atoms with Crippen LogP contribution in [0, 0.1) is 23.0 Å². The molecule has 1 aliphatic heterocycles. The molecule has 0 saturated carbocycles. The molecule has 0 bridgehead atoms. The summed E-state index contributed by atoms with van der Waals surface area (Å²) in [6, 6.07) is 4.87. The monoisotopic (exact) mass is 331 g/mol. The molecule has 0 atom stereocenters. The molecule has 128 valence electrons. The molecule has 0 amide bonds. The van der Waals surface area contributed by atoms with Crippen LogP contribution in [-0.4, -0.2) is 42.2 Å². The van der Waals surface area contributed by atoms with Gasteiger partial charge in [-0.15, -0.1) is 0 Å². The first-order chi connectivity index (χ1) is 10.8. The number of aryl methyl sites for hydroxylation is 1. The van der Waals surface area contributed by atoms with Crippen LogP contribution in [0.15, 0.2) is 18.2 Å². The molecule has 1 aromatic carbocycles. The van der Waals surface area contributed by atoms with Crippen molar-refractivity contribution in [3.05, 3.63) is 33.9 Å². The van der Waals surface area contributed by atoms with Crippen molar-refractivity contribution >= 4 is 11.4 Å². The number of nitrogens with one attached hydrogen (secondary N) is 1. The van der Waals surface area contributed by atoms with E-state index in [1.165, 1.54) is 11.0 Å². The molecule has 0 spiro atoms. The summed E-state index contributed by atoms with van der Waals surface area (Å²) in [5.74, 6) is 0.221. The Kier molecular flexibility index (Phi) is 5.46. The number of nitro benzene ring substituents is 1. The summed E-state index contributed by atoms with van der Waals surface area (Å²) in [6.45, 7) is 2.27. The quantitative estimate of drug-likeness (QED) is 0.662. The normalized spacial score (nSPS) is 17.2. The van der Waals surface area contributed by atoms with E-state index in [0.29, 0.717) is 38.2 Å². The van der Waals surface area contributed by atoms with E-state index in [1.807, 2.05) is 0 Å². The third kappa shape index (κ3) is 5.09. The number of benzene rings is 1. The number of alkyl halides is 3. The summed E-state index contributed by atoms with van der Waals surface area (Å²) >= 11 is 0. The van der Waals surface area contributed by atoms with Gasteiger partial charge in [-0.1, -0.05) is 12.1 Å². The molecule has 0 unspecified atom stereocenters. The van der Waals surface area contributed by atoms with Crippen LogP contribution in [0.4, 0.5) is 24.5 Å². The lowest BCUT2D eigenvalue weighted by molar-refractivity contribution is -0.384. The van der Waals surface area contributed by atoms with Gasteiger partial charge in [0.15, 0.2) is 0 Å². The van der Waals surface area contributed by atoms with E-state index < -0.39 is 17.6 Å². The molecule has 1 saturated heterocycles. The maximum absolute atomic E-state index is 12.4. The lowest BCUT2D eigenvalue weighted by Gasteiger charge is -2.32. The number of para-hydroxylation sites is 1. The van der Waals surface area contributed by atoms with Crippen molar-refractivity contribution in [2.24, 2.45) is 5.92 Å². The smallest absolute Gasteiger partial charge is 0.379 e. The number of hydrogen-bond acceptors (Lipinski definition) is 4. The molecule has 5 nitrogen and oxygen atoms in total. The van der Waals surface area contributed by atoms with Crippen molar-refractivity contribution < 1.29 is 18.1 Å². The fraction of sp³-hybridized carbons (Fsp3) is 0.600. The van der Waals surface area contributed by atoms with Gasteiger partial charge in [0.1, 0.15) is 5.69 Å². The molecule has 0 radical (unpaired) electrons. The number of anilines is 1. The molecule has 0 aliphatic carbocycles. The summed E-state index contributed by atoms with van der Waals surface area (Å²) in [6.07, 6.45) is -2.85. The SMILES string of the molecule is Cc1cccc([N+](=O)[O-])c1NCC1CCN(CC(F)(F)F)CC1. The van der Waals surface area contributed by atoms with Crippen LogP contribution in [0.25, 0.3) is 0 Å². The summed E-state index contributed by atoms with van der Waals surface area (Å²) in [5, 5.41) is 14.2. The van der Waals surface area contributed by atoms with Gasteiger partial charge >= 0.3 is 6.18 Å². The molecule has 1 aliphatic rings. The summed E-state index contributed by atoms with van der Waals surface area (Å²) in [7, 11) is 0. The van der Waals surface area contributed by atoms with Gasteiger partial charge in [-0.05, 0) is 44.3 Å². The van der Waals surface area contributed by atoms with Gasteiger partial charge in [-0.3, -0.25) is 15.0 Å². The van der Waals surface area contributed by atoms with Gasteiger partial charge in [-0.2, -0.15) is 13.2 Å². The number of rotatable bonds is 5. The first-order valence-electron chi connectivity index (χ1n) is 7.53. The Hall–Kier alpha value is -1.83. The molecule has 8 heteroatoms. The first-order valence-corrected chi connectivity index (χ1v) is 7.53. The van der Waals surface area contributed by atoms with Crippen molar-refractivity contribution in [3.8, 4) is 0 Å². The fourth-order valence-electron chi connectivity index (χ4n) is 2.88. The molecule has 1 fully saturated rings. The molecule has 1 aromatic rings. The third-order valence-corrected chi connectivity index (χ3v) is 4.13. The Morgan fingerprint density at radius 3 is 2.57 bits per heavy atom. The van der Waals surface area contributed by atoms with Crippen LogP contribution >= 0.6 is 0 Å². The van der Waals surface area contributed by atoms with Crippen LogP contribution in [0.1, 0.15) is 18.4 Å². The van der Waals surface area contributed by atoms with E-state index >= 15 is 0 Å². The minimum absolute atomic E-state index is 0.0273. The standard InChI is InChI=1S/C15H20F3N3O2/c1-11-3-2-4-13(21(22)23)14(11)19-9-12-5-7-20(8-6-12)10-15(16,17)18/h2-4,12,19H,5-10H2,1H3. The third-order valence-electron chi connectivity index (χ3n) is 4.13. The Labute approximate surface area is 132 Å². The Morgan fingerprint density at radius 1 is 1.35 bits per heavy atom. The minimum atomic E-state index is -4.16. The van der Waals surface area contributed by atoms with Gasteiger partial charge in [0.2, 0.25) is 0 Å². The van der Waals surface area contributed by atoms with Gasteiger partial charge in [0.25, 0.3) is 5.69 Å². The molecule has 1 N–H and O–H groups in total. The van der Waals surface area contributed by atoms with Crippen LogP contribution in [0.2, 0.25) is 0 Å². The molecule has 1 heterocycles. The van der Waals surface area contributed by atoms with Crippen LogP contribution in [-0.2, 0) is 0 Å². The minimum Gasteiger partial charge on any atom is -0.379 e. The molecule has 2 rings (SSSR count). The van der Waals surface area contributed by atoms with Crippen molar-refractivity contribution in [2.45, 2.75) is 25.9 Å². The second kappa shape index (κ2) is 7.16. The van der Waals surface area contributed by atoms with E-state index in [4.69, 9.17) is 0 Å². The Morgan fingerprint density at radius 2 is 2.00 bits per heavy atom. The van der Waals surface area contributed by atoms with E-state index in [-0.39, 0.29) is 11.6 Å². The number of hydrogen-bond donors (Lipinski definition) is 1. The van der Waals surface area contributed by atoms with Crippen molar-refractivity contribution in [2.75, 3.05) is 31.5 Å². The highest BCUT2D eigenvalue weighted by Gasteiger charge is 2.32. The molecule has 23 heavy (non-hydrogen) atoms. The van der Waals surface area contributed by atoms with Gasteiger partial charge in [-0.25, -0.2) is 0 Å². The predicted octanol–water partition coefficient (Wildman–Crippen LogP) is 3.59. The number of piperidine rings is 1. The highest BCUT2D eigenvalue weighted by atomic mass is 19.4.